The molecule has 3 heterocycles. The fourth-order valence-corrected chi connectivity index (χ4v) is 4.81. The molecule has 4 rings (SSSR count). The summed E-state index contributed by atoms with van der Waals surface area (Å²) in [4.78, 5) is 35.5. The summed E-state index contributed by atoms with van der Waals surface area (Å²) < 4.78 is 35.8. The van der Waals surface area contributed by atoms with E-state index in [4.69, 9.17) is 18.5 Å². The first kappa shape index (κ1) is 28.2. The monoisotopic (exact) mass is 558 g/mol. The molecule has 39 heavy (non-hydrogen) atoms. The average molecular weight is 559 g/mol. The van der Waals surface area contributed by atoms with Crippen molar-refractivity contribution in [2.45, 2.75) is 39.6 Å². The van der Waals surface area contributed by atoms with Crippen LogP contribution >= 0.6 is 7.60 Å². The lowest BCUT2D eigenvalue weighted by Gasteiger charge is -2.30. The minimum Gasteiger partial charge on any atom is -0.491 e. The van der Waals surface area contributed by atoms with Gasteiger partial charge in [0.05, 0.1) is 25.1 Å². The van der Waals surface area contributed by atoms with Gasteiger partial charge in [0.2, 0.25) is 5.88 Å². The fourth-order valence-electron chi connectivity index (χ4n) is 3.60. The lowest BCUT2D eigenvalue weighted by Crippen LogP contribution is -2.42. The molecule has 0 aliphatic carbocycles. The number of hydrogen-bond donors (Lipinski definition) is 1. The molecule has 0 radical (unpaired) electrons. The van der Waals surface area contributed by atoms with Crippen LogP contribution in [0.15, 0.2) is 42.9 Å². The topological polar surface area (TPSA) is 147 Å². The van der Waals surface area contributed by atoms with E-state index in [1.54, 1.807) is 36.2 Å². The Morgan fingerprint density at radius 1 is 1.13 bits per heavy atom. The quantitative estimate of drug-likeness (QED) is 0.321. The summed E-state index contributed by atoms with van der Waals surface area (Å²) in [6.45, 7) is 7.09. The summed E-state index contributed by atoms with van der Waals surface area (Å²) in [5.41, 5.74) is 0.480. The summed E-state index contributed by atoms with van der Waals surface area (Å²) in [6, 6.07) is 6.29. The summed E-state index contributed by atoms with van der Waals surface area (Å²) in [5, 5.41) is 6.94. The predicted octanol–water partition coefficient (Wildman–Crippen LogP) is 4.18. The SMILES string of the molecule is CCOP(=O)(Cn1ccc(NC(=O)c2cc(Oc3cnc(C(=O)N4CCC4)cn3)cc(OC(C)C)c2)n1)OC. The average Bonchev–Trinajstić information content (AvgIpc) is 3.29. The molecule has 13 nitrogen and oxygen atoms in total. The molecule has 1 unspecified atom stereocenters. The van der Waals surface area contributed by atoms with Crippen molar-refractivity contribution in [3.8, 4) is 17.4 Å². The summed E-state index contributed by atoms with van der Waals surface area (Å²) in [5.74, 6) is 0.452. The first-order chi connectivity index (χ1) is 18.7. The highest BCUT2D eigenvalue weighted by molar-refractivity contribution is 7.52. The highest BCUT2D eigenvalue weighted by atomic mass is 31.2. The van der Waals surface area contributed by atoms with E-state index in [2.05, 4.69) is 20.4 Å². The summed E-state index contributed by atoms with van der Waals surface area (Å²) >= 11 is 0. The Morgan fingerprint density at radius 3 is 2.51 bits per heavy atom. The van der Waals surface area contributed by atoms with E-state index in [0.717, 1.165) is 6.42 Å². The smallest absolute Gasteiger partial charge is 0.351 e. The Hall–Kier alpha value is -3.80. The Kier molecular flexibility index (Phi) is 8.95. The second kappa shape index (κ2) is 12.4. The molecule has 14 heteroatoms. The molecule has 208 valence electrons. The van der Waals surface area contributed by atoms with Crippen LogP contribution in [0, 0.1) is 0 Å². The number of ether oxygens (including phenoxy) is 2. The lowest BCUT2D eigenvalue weighted by atomic mass is 10.2. The van der Waals surface area contributed by atoms with E-state index in [1.165, 1.54) is 30.3 Å². The van der Waals surface area contributed by atoms with E-state index in [9.17, 15) is 14.2 Å². The van der Waals surface area contributed by atoms with Crippen LogP contribution < -0.4 is 14.8 Å². The number of aromatic nitrogens is 4. The van der Waals surface area contributed by atoms with E-state index in [1.807, 2.05) is 13.8 Å². The zero-order chi connectivity index (χ0) is 28.0. The van der Waals surface area contributed by atoms with Crippen molar-refractivity contribution in [1.29, 1.82) is 0 Å². The van der Waals surface area contributed by atoms with Crippen LogP contribution in [-0.2, 0) is 19.9 Å². The Bertz CT molecular complexity index is 1360. The van der Waals surface area contributed by atoms with Gasteiger partial charge in [-0.15, -0.1) is 0 Å². The highest BCUT2D eigenvalue weighted by Gasteiger charge is 2.24. The van der Waals surface area contributed by atoms with Crippen molar-refractivity contribution >= 4 is 25.2 Å². The molecule has 0 spiro atoms. The number of carbonyl (C=O) groups is 2. The Labute approximate surface area is 226 Å². The van der Waals surface area contributed by atoms with Crippen molar-refractivity contribution in [3.63, 3.8) is 0 Å². The van der Waals surface area contributed by atoms with E-state index in [0.29, 0.717) is 18.8 Å². The van der Waals surface area contributed by atoms with Crippen LogP contribution in [0.1, 0.15) is 48.0 Å². The zero-order valence-corrected chi connectivity index (χ0v) is 23.1. The van der Waals surface area contributed by atoms with Crippen molar-refractivity contribution in [2.75, 3.05) is 32.1 Å². The Morgan fingerprint density at radius 2 is 1.90 bits per heavy atom. The molecule has 1 aliphatic rings. The van der Waals surface area contributed by atoms with E-state index < -0.39 is 13.5 Å². The Balaban J connectivity index is 1.48. The van der Waals surface area contributed by atoms with Gasteiger partial charge in [-0.2, -0.15) is 5.10 Å². The number of nitrogens with zero attached hydrogens (tertiary/aromatic N) is 5. The molecule has 2 amide bonds. The molecule has 0 saturated carbocycles. The van der Waals surface area contributed by atoms with Gasteiger partial charge >= 0.3 is 7.60 Å². The van der Waals surface area contributed by atoms with Crippen LogP contribution in [-0.4, -0.2) is 69.4 Å². The van der Waals surface area contributed by atoms with E-state index in [-0.39, 0.29) is 53.6 Å². The number of rotatable bonds is 12. The third kappa shape index (κ3) is 7.41. The second-order valence-corrected chi connectivity index (χ2v) is 11.0. The first-order valence-corrected chi connectivity index (χ1v) is 14.2. The maximum atomic E-state index is 13.1. The summed E-state index contributed by atoms with van der Waals surface area (Å²) in [7, 11) is -2.04. The van der Waals surface area contributed by atoms with Crippen molar-refractivity contribution in [3.05, 3.63) is 54.1 Å². The standard InChI is InChI=1S/C25H31N6O7P/c1-5-36-39(34,35-4)16-31-10-7-22(29-31)28-24(32)18-11-19(37-17(2)3)13-20(12-18)38-23-15-26-21(14-27-23)25(33)30-8-6-9-30/h7,10-15,17H,5-6,8-9,16H2,1-4H3,(H,28,29,32). The molecular formula is C25H31N6O7P. The molecule has 1 N–H and O–H groups in total. The number of amides is 2. The zero-order valence-electron chi connectivity index (χ0n) is 22.2. The van der Waals surface area contributed by atoms with Crippen LogP contribution in [0.4, 0.5) is 5.82 Å². The number of carbonyl (C=O) groups excluding carboxylic acids is 2. The lowest BCUT2D eigenvalue weighted by molar-refractivity contribution is 0.0645. The highest BCUT2D eigenvalue weighted by Crippen LogP contribution is 2.48. The van der Waals surface area contributed by atoms with E-state index >= 15 is 0 Å². The summed E-state index contributed by atoms with van der Waals surface area (Å²) in [6.07, 6.45) is 5.00. The van der Waals surface area contributed by atoms with Crippen molar-refractivity contribution in [2.24, 2.45) is 0 Å². The third-order valence-electron chi connectivity index (χ3n) is 5.53. The maximum Gasteiger partial charge on any atom is 0.351 e. The molecular weight excluding hydrogens is 527 g/mol. The number of nitrogens with one attached hydrogen (secondary N) is 1. The van der Waals surface area contributed by atoms with Crippen LogP contribution in [0.2, 0.25) is 0 Å². The number of anilines is 1. The van der Waals surface area contributed by atoms with Crippen molar-refractivity contribution in [1.82, 2.24) is 24.6 Å². The molecule has 1 aliphatic heterocycles. The fraction of sp³-hybridized carbons (Fsp3) is 0.400. The minimum absolute atomic E-state index is 0.105. The predicted molar refractivity (Wildman–Crippen MR) is 141 cm³/mol. The van der Waals surface area contributed by atoms with Gasteiger partial charge in [-0.3, -0.25) is 18.8 Å². The van der Waals surface area contributed by atoms with Gasteiger partial charge in [0.25, 0.3) is 11.8 Å². The molecule has 1 fully saturated rings. The van der Waals surface area contributed by atoms with Gasteiger partial charge in [-0.1, -0.05) is 0 Å². The van der Waals surface area contributed by atoms with Gasteiger partial charge in [-0.25, -0.2) is 9.97 Å². The molecule has 1 atom stereocenters. The first-order valence-electron chi connectivity index (χ1n) is 12.4. The number of likely N-dealkylation sites (tertiary alicyclic amines) is 1. The number of benzene rings is 1. The molecule has 1 saturated heterocycles. The largest absolute Gasteiger partial charge is 0.491 e. The van der Waals surface area contributed by atoms with Crippen LogP contribution in [0.5, 0.6) is 17.4 Å². The molecule has 0 bridgehead atoms. The van der Waals surface area contributed by atoms with Gasteiger partial charge in [0.1, 0.15) is 23.5 Å². The van der Waals surface area contributed by atoms with Crippen LogP contribution in [0.3, 0.4) is 0 Å². The van der Waals surface area contributed by atoms with Gasteiger partial charge in [-0.05, 0) is 39.3 Å². The van der Waals surface area contributed by atoms with Crippen molar-refractivity contribution < 1.29 is 32.7 Å². The number of hydrogen-bond acceptors (Lipinski definition) is 10. The second-order valence-electron chi connectivity index (χ2n) is 8.89. The minimum atomic E-state index is -3.35. The van der Waals surface area contributed by atoms with Gasteiger partial charge in [0, 0.05) is 44.1 Å². The molecule has 3 aromatic rings. The molecule has 2 aromatic heterocycles. The third-order valence-corrected chi connectivity index (χ3v) is 7.38. The maximum absolute atomic E-state index is 13.1. The molecule has 1 aromatic carbocycles. The van der Waals surface area contributed by atoms with Crippen LogP contribution in [0.25, 0.3) is 0 Å². The normalized spacial score (nSPS) is 14.4. The van der Waals surface area contributed by atoms with Gasteiger partial charge in [0.15, 0.2) is 5.82 Å². The van der Waals surface area contributed by atoms with Gasteiger partial charge < -0.3 is 28.7 Å².